The minimum Gasteiger partial charge on any atom is -0.378 e. The van der Waals surface area contributed by atoms with E-state index in [1.807, 2.05) is 17.1 Å². The molecule has 3 saturated heterocycles. The van der Waals surface area contributed by atoms with E-state index in [0.717, 1.165) is 18.7 Å². The number of ether oxygens (including phenoxy) is 1. The fourth-order valence-corrected chi connectivity index (χ4v) is 4.21. The predicted octanol–water partition coefficient (Wildman–Crippen LogP) is 0.994. The van der Waals surface area contributed by atoms with Gasteiger partial charge in [0.1, 0.15) is 0 Å². The Bertz CT molecular complexity index is 788. The number of benzene rings is 1. The first-order valence-corrected chi connectivity index (χ1v) is 10.4. The highest BCUT2D eigenvalue weighted by Gasteiger charge is 2.35. The quantitative estimate of drug-likeness (QED) is 0.676. The van der Waals surface area contributed by atoms with E-state index in [-0.39, 0.29) is 17.7 Å². The summed E-state index contributed by atoms with van der Waals surface area (Å²) < 4.78 is 5.30. The van der Waals surface area contributed by atoms with Crippen LogP contribution in [0.15, 0.2) is 18.2 Å². The summed E-state index contributed by atoms with van der Waals surface area (Å²) >= 11 is 6.47. The maximum atomic E-state index is 12.6. The highest BCUT2D eigenvalue weighted by atomic mass is 35.5. The van der Waals surface area contributed by atoms with Gasteiger partial charge in [0.15, 0.2) is 0 Å². The molecule has 0 bridgehead atoms. The molecule has 3 aliphatic rings. The number of hydrogen-bond donors (Lipinski definition) is 0. The number of rotatable bonds is 4. The highest BCUT2D eigenvalue weighted by molar-refractivity contribution is 6.31. The van der Waals surface area contributed by atoms with Crippen LogP contribution in [0.3, 0.4) is 0 Å². The molecule has 3 aliphatic heterocycles. The Labute approximate surface area is 174 Å². The first kappa shape index (κ1) is 20.3. The van der Waals surface area contributed by atoms with Gasteiger partial charge in [-0.25, -0.2) is 10.0 Å². The summed E-state index contributed by atoms with van der Waals surface area (Å²) in [6, 6.07) is 5.49. The molecule has 0 spiro atoms. The number of halogens is 1. The highest BCUT2D eigenvalue weighted by Crippen LogP contribution is 2.23. The molecule has 0 N–H and O–H groups in total. The molecule has 0 unspecified atom stereocenters. The minimum absolute atomic E-state index is 0.0182. The third-order valence-electron chi connectivity index (χ3n) is 5.65. The zero-order valence-corrected chi connectivity index (χ0v) is 17.1. The van der Waals surface area contributed by atoms with Crippen LogP contribution in [0.2, 0.25) is 5.02 Å². The Morgan fingerprint density at radius 1 is 0.966 bits per heavy atom. The molecule has 4 rings (SSSR count). The number of morpholine rings is 1. The zero-order valence-electron chi connectivity index (χ0n) is 16.3. The minimum atomic E-state index is -0.105. The van der Waals surface area contributed by atoms with Crippen molar-refractivity contribution in [3.63, 3.8) is 0 Å². The van der Waals surface area contributed by atoms with Crippen LogP contribution in [-0.2, 0) is 20.9 Å². The van der Waals surface area contributed by atoms with E-state index in [9.17, 15) is 14.4 Å². The van der Waals surface area contributed by atoms with E-state index >= 15 is 0 Å². The Kier molecular flexibility index (Phi) is 6.15. The normalized spacial score (nSPS) is 21.8. The number of piperazine rings is 1. The first-order chi connectivity index (χ1) is 14.0. The number of carbonyl (C=O) groups is 3. The number of amides is 3. The number of hydrazine groups is 1. The van der Waals surface area contributed by atoms with Gasteiger partial charge in [-0.2, -0.15) is 0 Å². The topological polar surface area (TPSA) is 73.4 Å². The Hall–Kier alpha value is -2.00. The molecule has 3 amide bonds. The first-order valence-electron chi connectivity index (χ1n) is 10.0. The summed E-state index contributed by atoms with van der Waals surface area (Å²) in [7, 11) is 0. The van der Waals surface area contributed by atoms with Gasteiger partial charge in [0.05, 0.1) is 13.2 Å². The molecule has 29 heavy (non-hydrogen) atoms. The molecule has 156 valence electrons. The maximum absolute atomic E-state index is 12.6. The van der Waals surface area contributed by atoms with E-state index in [1.165, 1.54) is 5.01 Å². The van der Waals surface area contributed by atoms with E-state index in [2.05, 4.69) is 4.90 Å². The average molecular weight is 421 g/mol. The fraction of sp³-hybridized carbons (Fsp3) is 0.550. The Morgan fingerprint density at radius 2 is 1.62 bits per heavy atom. The van der Waals surface area contributed by atoms with E-state index in [0.29, 0.717) is 69.4 Å². The zero-order chi connectivity index (χ0) is 20.4. The van der Waals surface area contributed by atoms with Crippen LogP contribution in [-0.4, -0.2) is 90.0 Å². The summed E-state index contributed by atoms with van der Waals surface area (Å²) in [5, 5.41) is 3.74. The van der Waals surface area contributed by atoms with Crippen molar-refractivity contribution in [3.8, 4) is 0 Å². The van der Waals surface area contributed by atoms with Crippen LogP contribution in [0.25, 0.3) is 0 Å². The molecule has 8 nitrogen and oxygen atoms in total. The second-order valence-corrected chi connectivity index (χ2v) is 7.95. The van der Waals surface area contributed by atoms with Crippen molar-refractivity contribution in [2.75, 3.05) is 52.5 Å². The Balaban J connectivity index is 1.34. The van der Waals surface area contributed by atoms with Gasteiger partial charge in [0, 0.05) is 69.2 Å². The van der Waals surface area contributed by atoms with Crippen LogP contribution < -0.4 is 0 Å². The molecule has 1 aromatic rings. The van der Waals surface area contributed by atoms with Crippen LogP contribution in [0.4, 0.5) is 0 Å². The number of carbonyl (C=O) groups excluding carboxylic acids is 3. The van der Waals surface area contributed by atoms with Gasteiger partial charge in [-0.05, 0) is 17.7 Å². The van der Waals surface area contributed by atoms with Crippen molar-refractivity contribution in [3.05, 3.63) is 34.3 Å². The van der Waals surface area contributed by atoms with Crippen molar-refractivity contribution < 1.29 is 19.1 Å². The molecular weight excluding hydrogens is 396 g/mol. The lowest BCUT2D eigenvalue weighted by molar-refractivity contribution is -0.160. The van der Waals surface area contributed by atoms with Crippen LogP contribution in [0, 0.1) is 0 Å². The molecule has 0 aromatic heterocycles. The lowest BCUT2D eigenvalue weighted by Gasteiger charge is -2.38. The lowest BCUT2D eigenvalue weighted by atomic mass is 10.1. The molecule has 1 aromatic carbocycles. The van der Waals surface area contributed by atoms with Gasteiger partial charge < -0.3 is 9.64 Å². The largest absolute Gasteiger partial charge is 0.378 e. The van der Waals surface area contributed by atoms with Gasteiger partial charge in [-0.1, -0.05) is 17.7 Å². The second kappa shape index (κ2) is 8.79. The van der Waals surface area contributed by atoms with Crippen LogP contribution >= 0.6 is 11.6 Å². The predicted molar refractivity (Wildman–Crippen MR) is 106 cm³/mol. The molecule has 0 radical (unpaired) electrons. The van der Waals surface area contributed by atoms with Crippen LogP contribution in [0.1, 0.15) is 28.8 Å². The van der Waals surface area contributed by atoms with Crippen LogP contribution in [0.5, 0.6) is 0 Å². The summed E-state index contributed by atoms with van der Waals surface area (Å²) in [5.41, 5.74) is 1.56. The van der Waals surface area contributed by atoms with Gasteiger partial charge in [-0.15, -0.1) is 0 Å². The SMILES string of the molecule is O=C(c1ccc(CN2CCN(N3C(=O)CCC3=O)CC2)c(Cl)c1)N1CCOCC1. The third-order valence-corrected chi connectivity index (χ3v) is 6.00. The lowest BCUT2D eigenvalue weighted by Crippen LogP contribution is -2.55. The van der Waals surface area contributed by atoms with Gasteiger partial charge in [0.2, 0.25) is 11.8 Å². The van der Waals surface area contributed by atoms with Crippen molar-refractivity contribution in [1.82, 2.24) is 19.8 Å². The van der Waals surface area contributed by atoms with Gasteiger partial charge in [-0.3, -0.25) is 19.3 Å². The monoisotopic (exact) mass is 420 g/mol. The van der Waals surface area contributed by atoms with Crippen molar-refractivity contribution in [2.24, 2.45) is 0 Å². The summed E-state index contributed by atoms with van der Waals surface area (Å²) in [6.45, 7) is 5.74. The van der Waals surface area contributed by atoms with Crippen molar-refractivity contribution in [1.29, 1.82) is 0 Å². The summed E-state index contributed by atoms with van der Waals surface area (Å²) in [6.07, 6.45) is 0.619. The average Bonchev–Trinajstić information content (AvgIpc) is 3.08. The molecule has 9 heteroatoms. The molecule has 0 aliphatic carbocycles. The molecular formula is C20H25ClN4O4. The van der Waals surface area contributed by atoms with Crippen molar-refractivity contribution in [2.45, 2.75) is 19.4 Å². The number of imide groups is 1. The Morgan fingerprint density at radius 3 is 2.24 bits per heavy atom. The fourth-order valence-electron chi connectivity index (χ4n) is 3.97. The van der Waals surface area contributed by atoms with E-state index < -0.39 is 0 Å². The number of nitrogens with zero attached hydrogens (tertiary/aromatic N) is 4. The van der Waals surface area contributed by atoms with Gasteiger partial charge >= 0.3 is 0 Å². The third kappa shape index (κ3) is 4.45. The molecule has 3 heterocycles. The molecule has 3 fully saturated rings. The maximum Gasteiger partial charge on any atom is 0.254 e. The second-order valence-electron chi connectivity index (χ2n) is 7.54. The smallest absolute Gasteiger partial charge is 0.254 e. The van der Waals surface area contributed by atoms with E-state index in [4.69, 9.17) is 16.3 Å². The number of hydrogen-bond acceptors (Lipinski definition) is 6. The van der Waals surface area contributed by atoms with Gasteiger partial charge in [0.25, 0.3) is 5.91 Å². The standard InChI is InChI=1S/C20H25ClN4O4/c21-17-13-15(20(28)23-9-11-29-12-10-23)1-2-16(17)14-22-5-7-24(8-6-22)25-18(26)3-4-19(25)27/h1-2,13H,3-12,14H2. The summed E-state index contributed by atoms with van der Waals surface area (Å²) in [4.78, 5) is 40.4. The molecule has 0 saturated carbocycles. The van der Waals surface area contributed by atoms with E-state index in [1.54, 1.807) is 11.0 Å². The summed E-state index contributed by atoms with van der Waals surface area (Å²) in [5.74, 6) is -0.227. The van der Waals surface area contributed by atoms with Crippen molar-refractivity contribution >= 4 is 29.3 Å². The molecule has 0 atom stereocenters.